The fourth-order valence-electron chi connectivity index (χ4n) is 4.42. The maximum absolute atomic E-state index is 14.7. The van der Waals surface area contributed by atoms with Crippen LogP contribution in [0.5, 0.6) is 0 Å². The van der Waals surface area contributed by atoms with Gasteiger partial charge in [0.15, 0.2) is 9.84 Å². The number of nitriles is 1. The van der Waals surface area contributed by atoms with Crippen molar-refractivity contribution in [2.45, 2.75) is 43.3 Å². The van der Waals surface area contributed by atoms with Gasteiger partial charge in [-0.3, -0.25) is 4.79 Å². The first-order chi connectivity index (χ1) is 20.8. The summed E-state index contributed by atoms with van der Waals surface area (Å²) in [6, 6.07) is 4.98. The van der Waals surface area contributed by atoms with E-state index >= 15 is 0 Å². The summed E-state index contributed by atoms with van der Waals surface area (Å²) in [7, 11) is -4.73. The molecule has 1 atom stereocenters. The highest BCUT2D eigenvalue weighted by Crippen LogP contribution is 2.36. The number of aromatic nitrogens is 2. The van der Waals surface area contributed by atoms with E-state index < -0.39 is 93.2 Å². The van der Waals surface area contributed by atoms with E-state index in [1.807, 2.05) is 0 Å². The minimum atomic E-state index is -5.15. The lowest BCUT2D eigenvalue weighted by Crippen LogP contribution is -2.56. The predicted octanol–water partition coefficient (Wildman–Crippen LogP) is 5.01. The van der Waals surface area contributed by atoms with Gasteiger partial charge in [-0.15, -0.1) is 0 Å². The molecule has 0 aliphatic heterocycles. The van der Waals surface area contributed by atoms with Crippen LogP contribution >= 0.6 is 0 Å². The third-order valence-electron chi connectivity index (χ3n) is 6.80. The Balaban J connectivity index is 1.67. The number of carbonyl (C=O) groups excluding carboxylic acids is 1. The van der Waals surface area contributed by atoms with Crippen LogP contribution in [0.4, 0.5) is 45.2 Å². The largest absolute Gasteiger partial charge is 0.449 e. The fourth-order valence-corrected chi connectivity index (χ4v) is 5.87. The molecule has 0 unspecified atom stereocenters. The summed E-state index contributed by atoms with van der Waals surface area (Å²) in [5, 5.41) is 11.5. The molecular formula is C27H22F9N5O3S. The molecule has 1 amide bonds. The lowest BCUT2D eigenvalue weighted by atomic mass is 10.1. The summed E-state index contributed by atoms with van der Waals surface area (Å²) >= 11 is 0. The molecule has 4 rings (SSSR count). The van der Waals surface area contributed by atoms with Gasteiger partial charge in [0.2, 0.25) is 11.7 Å². The highest BCUT2D eigenvalue weighted by Gasteiger charge is 2.48. The minimum absolute atomic E-state index is 0.0557. The molecule has 0 bridgehead atoms. The van der Waals surface area contributed by atoms with Gasteiger partial charge in [0.1, 0.15) is 35.6 Å². The topological polar surface area (TPSA) is 108 Å². The number of anilines is 1. The average molecular weight is 668 g/mol. The van der Waals surface area contributed by atoms with E-state index in [2.05, 4.69) is 10.3 Å². The van der Waals surface area contributed by atoms with Gasteiger partial charge in [0.05, 0.1) is 29.0 Å². The average Bonchev–Trinajstić information content (AvgIpc) is 3.55. The van der Waals surface area contributed by atoms with Crippen LogP contribution in [0.25, 0.3) is 11.3 Å². The van der Waals surface area contributed by atoms with Crippen molar-refractivity contribution >= 4 is 21.4 Å². The van der Waals surface area contributed by atoms with Crippen molar-refractivity contribution in [3.8, 4) is 17.3 Å². The summed E-state index contributed by atoms with van der Waals surface area (Å²) in [6.45, 7) is -3.00. The van der Waals surface area contributed by atoms with Gasteiger partial charge in [-0.05, 0) is 49.2 Å². The van der Waals surface area contributed by atoms with Gasteiger partial charge >= 0.3 is 12.4 Å². The molecule has 1 fully saturated rings. The zero-order valence-corrected chi connectivity index (χ0v) is 23.6. The highest BCUT2D eigenvalue weighted by atomic mass is 32.2. The second-order valence-corrected chi connectivity index (χ2v) is 12.5. The SMILES string of the molecule is N#CC1(NC(=O)[C@H](CS(=O)(=O)CCn2cc(-c3ccc(F)cc3)nc2C(F)(F)F)N(CC(F)(F)F)c2ccc(F)cc2F)CC1. The van der Waals surface area contributed by atoms with E-state index in [0.29, 0.717) is 16.7 Å². The van der Waals surface area contributed by atoms with Crippen molar-refractivity contribution in [3.63, 3.8) is 0 Å². The number of sulfone groups is 1. The van der Waals surface area contributed by atoms with E-state index in [0.717, 1.165) is 30.5 Å². The monoisotopic (exact) mass is 667 g/mol. The van der Waals surface area contributed by atoms with Crippen LogP contribution < -0.4 is 10.2 Å². The summed E-state index contributed by atoms with van der Waals surface area (Å²) in [6.07, 6.45) is -9.19. The Labute approximate surface area is 250 Å². The number of nitrogens with one attached hydrogen (secondary N) is 1. The molecule has 1 saturated carbocycles. The first kappa shape index (κ1) is 33.6. The molecule has 0 radical (unpaired) electrons. The lowest BCUT2D eigenvalue weighted by Gasteiger charge is -2.34. The molecule has 1 aromatic heterocycles. The fraction of sp³-hybridized carbons (Fsp3) is 0.370. The Kier molecular flexibility index (Phi) is 9.16. The van der Waals surface area contributed by atoms with Crippen LogP contribution in [0.2, 0.25) is 0 Å². The van der Waals surface area contributed by atoms with Crippen LogP contribution in [0.1, 0.15) is 18.7 Å². The van der Waals surface area contributed by atoms with Gasteiger partial charge in [-0.25, -0.2) is 26.6 Å². The van der Waals surface area contributed by atoms with E-state index in [4.69, 9.17) is 0 Å². The van der Waals surface area contributed by atoms with E-state index in [9.17, 15) is 58.0 Å². The predicted molar refractivity (Wildman–Crippen MR) is 141 cm³/mol. The zero-order chi connectivity index (χ0) is 33.4. The third kappa shape index (κ3) is 8.47. The molecule has 242 valence electrons. The molecule has 0 saturated heterocycles. The smallest absolute Gasteiger partial charge is 0.347 e. The summed E-state index contributed by atoms with van der Waals surface area (Å²) in [5.74, 6) is -8.94. The summed E-state index contributed by atoms with van der Waals surface area (Å²) in [4.78, 5) is 16.8. The molecular weight excluding hydrogens is 645 g/mol. The number of halogens is 9. The van der Waals surface area contributed by atoms with Crippen molar-refractivity contribution in [1.29, 1.82) is 5.26 Å². The van der Waals surface area contributed by atoms with E-state index in [1.165, 1.54) is 0 Å². The standard InChI is InChI=1S/C27H22F9N5O3S/c28-17-3-1-16(2-4-17)20-12-40(24(38-20)27(34,35)36)9-10-45(43,44)13-22(23(42)39-25(14-37)7-8-25)41(15-26(31,32)33)21-6-5-18(29)11-19(21)30/h1-6,11-12,22H,7-10,13,15H2,(H,39,42)/t22-/m0/s1. The van der Waals surface area contributed by atoms with Crippen LogP contribution in [-0.4, -0.2) is 59.7 Å². The summed E-state index contributed by atoms with van der Waals surface area (Å²) in [5.41, 5.74) is -2.70. The maximum Gasteiger partial charge on any atom is 0.449 e. The van der Waals surface area contributed by atoms with E-state index in [-0.39, 0.29) is 35.1 Å². The quantitative estimate of drug-likeness (QED) is 0.288. The maximum atomic E-state index is 14.7. The highest BCUT2D eigenvalue weighted by molar-refractivity contribution is 7.91. The molecule has 0 spiro atoms. The summed E-state index contributed by atoms with van der Waals surface area (Å²) < 4.78 is 151. The van der Waals surface area contributed by atoms with Gasteiger partial charge in [0.25, 0.3) is 0 Å². The van der Waals surface area contributed by atoms with Crippen molar-refractivity contribution < 1.29 is 52.7 Å². The second kappa shape index (κ2) is 12.3. The molecule has 1 heterocycles. The number of alkyl halides is 6. The zero-order valence-electron chi connectivity index (χ0n) is 22.8. The lowest BCUT2D eigenvalue weighted by molar-refractivity contribution is -0.147. The van der Waals surface area contributed by atoms with Crippen LogP contribution in [0.3, 0.4) is 0 Å². The Morgan fingerprint density at radius 1 is 1.04 bits per heavy atom. The Morgan fingerprint density at radius 2 is 1.67 bits per heavy atom. The molecule has 1 aliphatic rings. The Bertz CT molecular complexity index is 1710. The number of nitrogens with zero attached hydrogens (tertiary/aromatic N) is 4. The van der Waals surface area contributed by atoms with E-state index in [1.54, 1.807) is 6.07 Å². The number of amides is 1. The van der Waals surface area contributed by atoms with Gasteiger partial charge in [0, 0.05) is 24.4 Å². The number of aryl methyl sites for hydroxylation is 1. The van der Waals surface area contributed by atoms with Crippen molar-refractivity contribution in [1.82, 2.24) is 14.9 Å². The molecule has 8 nitrogen and oxygen atoms in total. The number of hydrogen-bond donors (Lipinski definition) is 1. The number of carbonyl (C=O) groups is 1. The van der Waals surface area contributed by atoms with Gasteiger partial charge < -0.3 is 14.8 Å². The number of hydrogen-bond acceptors (Lipinski definition) is 6. The van der Waals surface area contributed by atoms with Gasteiger partial charge in [-0.1, -0.05) is 0 Å². The molecule has 2 aromatic carbocycles. The first-order valence-electron chi connectivity index (χ1n) is 12.9. The number of rotatable bonds is 11. The minimum Gasteiger partial charge on any atom is -0.347 e. The molecule has 1 N–H and O–H groups in total. The number of benzene rings is 2. The van der Waals surface area contributed by atoms with Crippen molar-refractivity contribution in [2.24, 2.45) is 0 Å². The normalized spacial score (nSPS) is 15.3. The molecule has 1 aliphatic carbocycles. The van der Waals surface area contributed by atoms with Crippen LogP contribution in [0.15, 0.2) is 48.7 Å². The van der Waals surface area contributed by atoms with Crippen molar-refractivity contribution in [2.75, 3.05) is 23.0 Å². The Hall–Kier alpha value is -4.27. The molecule has 18 heteroatoms. The Morgan fingerprint density at radius 3 is 2.20 bits per heavy atom. The number of imidazole rings is 1. The third-order valence-corrected chi connectivity index (χ3v) is 8.43. The van der Waals surface area contributed by atoms with Crippen LogP contribution in [-0.2, 0) is 27.4 Å². The van der Waals surface area contributed by atoms with Crippen molar-refractivity contribution in [3.05, 3.63) is 71.9 Å². The second-order valence-electron chi connectivity index (χ2n) is 10.3. The van der Waals surface area contributed by atoms with Gasteiger partial charge in [-0.2, -0.15) is 31.6 Å². The molecule has 3 aromatic rings. The molecule has 45 heavy (non-hydrogen) atoms. The van der Waals surface area contributed by atoms with Crippen LogP contribution in [0, 0.1) is 28.8 Å². The first-order valence-corrected chi connectivity index (χ1v) is 14.8.